The van der Waals surface area contributed by atoms with Crippen LogP contribution >= 0.6 is 0 Å². The van der Waals surface area contributed by atoms with Crippen LogP contribution in [0.1, 0.15) is 26.7 Å². The van der Waals surface area contributed by atoms with Gasteiger partial charge in [0.2, 0.25) is 5.91 Å². The van der Waals surface area contributed by atoms with Gasteiger partial charge in [-0.1, -0.05) is 0 Å². The first-order chi connectivity index (χ1) is 10.7. The molecule has 132 valence electrons. The molecule has 9 heteroatoms. The zero-order valence-electron chi connectivity index (χ0n) is 13.2. The highest BCUT2D eigenvalue weighted by molar-refractivity contribution is 5.87. The molecule has 2 aliphatic rings. The van der Waals surface area contributed by atoms with Gasteiger partial charge in [-0.25, -0.2) is 4.79 Å². The van der Waals surface area contributed by atoms with Crippen LogP contribution in [0, 0.1) is 0 Å². The third-order valence-corrected chi connectivity index (χ3v) is 4.07. The van der Waals surface area contributed by atoms with Crippen LogP contribution in [0.4, 0.5) is 18.0 Å². The van der Waals surface area contributed by atoms with Crippen molar-refractivity contribution in [2.75, 3.05) is 26.2 Å². The first kappa shape index (κ1) is 17.8. The van der Waals surface area contributed by atoms with Gasteiger partial charge in [-0.05, 0) is 26.7 Å². The van der Waals surface area contributed by atoms with Gasteiger partial charge in [0, 0.05) is 13.1 Å². The molecule has 2 fully saturated rings. The van der Waals surface area contributed by atoms with Crippen molar-refractivity contribution in [3.05, 3.63) is 0 Å². The minimum absolute atomic E-state index is 0.0652. The van der Waals surface area contributed by atoms with E-state index < -0.39 is 30.7 Å². The van der Waals surface area contributed by atoms with Gasteiger partial charge in [-0.2, -0.15) is 13.2 Å². The Hall–Kier alpha value is -1.51. The molecule has 0 aliphatic carbocycles. The minimum atomic E-state index is -4.43. The van der Waals surface area contributed by atoms with E-state index in [1.54, 1.807) is 4.90 Å². The minimum Gasteiger partial charge on any atom is -0.375 e. The lowest BCUT2D eigenvalue weighted by atomic mass is 10.0. The Morgan fingerprint density at radius 1 is 1.39 bits per heavy atom. The third-order valence-electron chi connectivity index (χ3n) is 4.07. The molecule has 23 heavy (non-hydrogen) atoms. The third kappa shape index (κ3) is 4.73. The maximum atomic E-state index is 12.5. The van der Waals surface area contributed by atoms with Crippen molar-refractivity contribution in [2.45, 2.75) is 51.1 Å². The summed E-state index contributed by atoms with van der Waals surface area (Å²) in [6.07, 6.45) is -3.76. The quantitative estimate of drug-likeness (QED) is 0.828. The van der Waals surface area contributed by atoms with Crippen LogP contribution in [-0.2, 0) is 9.53 Å². The molecule has 3 unspecified atom stereocenters. The number of ether oxygens (including phenoxy) is 1. The monoisotopic (exact) mass is 337 g/mol. The summed E-state index contributed by atoms with van der Waals surface area (Å²) < 4.78 is 42.9. The number of carbonyl (C=O) groups excluding carboxylic acids is 2. The molecule has 1 N–H and O–H groups in total. The van der Waals surface area contributed by atoms with Gasteiger partial charge in [0.1, 0.15) is 12.6 Å². The maximum absolute atomic E-state index is 12.5. The number of alkyl halides is 3. The lowest BCUT2D eigenvalue weighted by molar-refractivity contribution is -0.164. The number of carbonyl (C=O) groups is 2. The number of morpholine rings is 1. The largest absolute Gasteiger partial charge is 0.406 e. The molecule has 0 aromatic rings. The number of hydrogen-bond acceptors (Lipinski definition) is 3. The van der Waals surface area contributed by atoms with Gasteiger partial charge in [0.15, 0.2) is 0 Å². The summed E-state index contributed by atoms with van der Waals surface area (Å²) >= 11 is 0. The van der Waals surface area contributed by atoms with Crippen molar-refractivity contribution in [3.8, 4) is 0 Å². The first-order valence-electron chi connectivity index (χ1n) is 7.71. The zero-order chi connectivity index (χ0) is 17.2. The number of hydrogen-bond donors (Lipinski definition) is 1. The molecule has 2 heterocycles. The molecule has 0 aromatic carbocycles. The molecule has 0 spiro atoms. The summed E-state index contributed by atoms with van der Waals surface area (Å²) in [6, 6.07) is -1.47. The average Bonchev–Trinajstić information content (AvgIpc) is 2.44. The van der Waals surface area contributed by atoms with Crippen molar-refractivity contribution < 1.29 is 27.5 Å². The normalized spacial score (nSPS) is 29.6. The highest BCUT2D eigenvalue weighted by Crippen LogP contribution is 2.21. The summed E-state index contributed by atoms with van der Waals surface area (Å²) in [7, 11) is 0. The molecule has 3 amide bonds. The highest BCUT2D eigenvalue weighted by atomic mass is 19.4. The molecule has 0 radical (unpaired) electrons. The average molecular weight is 337 g/mol. The fraction of sp³-hybridized carbons (Fsp3) is 0.857. The van der Waals surface area contributed by atoms with Crippen LogP contribution in [0.25, 0.3) is 0 Å². The molecular formula is C14H22F3N3O3. The van der Waals surface area contributed by atoms with Gasteiger partial charge in [0.25, 0.3) is 0 Å². The van der Waals surface area contributed by atoms with E-state index in [9.17, 15) is 22.8 Å². The van der Waals surface area contributed by atoms with Crippen LogP contribution in [0.3, 0.4) is 0 Å². The second-order valence-electron chi connectivity index (χ2n) is 6.16. The zero-order valence-corrected chi connectivity index (χ0v) is 13.2. The van der Waals surface area contributed by atoms with E-state index >= 15 is 0 Å². The number of halogens is 3. The van der Waals surface area contributed by atoms with Gasteiger partial charge in [-0.15, -0.1) is 0 Å². The van der Waals surface area contributed by atoms with Crippen molar-refractivity contribution in [1.82, 2.24) is 15.1 Å². The van der Waals surface area contributed by atoms with Crippen molar-refractivity contribution in [1.29, 1.82) is 0 Å². The molecular weight excluding hydrogens is 315 g/mol. The van der Waals surface area contributed by atoms with E-state index in [1.807, 2.05) is 13.8 Å². The predicted octanol–water partition coefficient (Wildman–Crippen LogP) is 1.36. The SMILES string of the molecule is CC1CN(C(=O)NC2CCCN(CC(F)(F)F)C2=O)C(C)CO1. The van der Waals surface area contributed by atoms with Gasteiger partial charge in [0.05, 0.1) is 18.8 Å². The Morgan fingerprint density at radius 3 is 2.74 bits per heavy atom. The number of nitrogens with zero attached hydrogens (tertiary/aromatic N) is 2. The molecule has 2 aliphatic heterocycles. The molecule has 3 atom stereocenters. The Labute approximate surface area is 132 Å². The Balaban J connectivity index is 1.95. The molecule has 0 bridgehead atoms. The summed E-state index contributed by atoms with van der Waals surface area (Å²) in [5, 5.41) is 2.58. The van der Waals surface area contributed by atoms with E-state index in [0.29, 0.717) is 26.0 Å². The van der Waals surface area contributed by atoms with E-state index in [4.69, 9.17) is 4.74 Å². The number of nitrogens with one attached hydrogen (secondary N) is 1. The molecule has 0 saturated carbocycles. The standard InChI is InChI=1S/C14H22F3N3O3/c1-9-7-23-10(2)6-20(9)13(22)18-11-4-3-5-19(12(11)21)8-14(15,16)17/h9-11H,3-8H2,1-2H3,(H,18,22). The van der Waals surface area contributed by atoms with Crippen LogP contribution in [0.15, 0.2) is 0 Å². The fourth-order valence-corrected chi connectivity index (χ4v) is 2.87. The first-order valence-corrected chi connectivity index (χ1v) is 7.71. The van der Waals surface area contributed by atoms with Gasteiger partial charge in [-0.3, -0.25) is 4.79 Å². The van der Waals surface area contributed by atoms with E-state index in [2.05, 4.69) is 5.32 Å². The summed E-state index contributed by atoms with van der Waals surface area (Å²) in [5.41, 5.74) is 0. The topological polar surface area (TPSA) is 61.9 Å². The Kier molecular flexibility index (Phi) is 5.38. The lowest BCUT2D eigenvalue weighted by Gasteiger charge is -2.39. The summed E-state index contributed by atoms with van der Waals surface area (Å²) in [5.74, 6) is -0.670. The number of amides is 3. The van der Waals surface area contributed by atoms with Crippen molar-refractivity contribution in [2.24, 2.45) is 0 Å². The number of urea groups is 1. The van der Waals surface area contributed by atoms with E-state index in [-0.39, 0.29) is 18.7 Å². The second kappa shape index (κ2) is 6.94. The number of rotatable bonds is 2. The van der Waals surface area contributed by atoms with Crippen molar-refractivity contribution >= 4 is 11.9 Å². The molecule has 2 saturated heterocycles. The van der Waals surface area contributed by atoms with Crippen molar-refractivity contribution in [3.63, 3.8) is 0 Å². The van der Waals surface area contributed by atoms with Crippen LogP contribution in [0.2, 0.25) is 0 Å². The molecule has 0 aromatic heterocycles. The van der Waals surface area contributed by atoms with Gasteiger partial charge >= 0.3 is 12.2 Å². The number of piperidine rings is 1. The van der Waals surface area contributed by atoms with Crippen LogP contribution < -0.4 is 5.32 Å². The second-order valence-corrected chi connectivity index (χ2v) is 6.16. The van der Waals surface area contributed by atoms with E-state index in [0.717, 1.165) is 4.90 Å². The number of likely N-dealkylation sites (tertiary alicyclic amines) is 1. The fourth-order valence-electron chi connectivity index (χ4n) is 2.87. The van der Waals surface area contributed by atoms with E-state index in [1.165, 1.54) is 0 Å². The predicted molar refractivity (Wildman–Crippen MR) is 75.8 cm³/mol. The molecule has 2 rings (SSSR count). The van der Waals surface area contributed by atoms with Gasteiger partial charge < -0.3 is 19.9 Å². The highest BCUT2D eigenvalue weighted by Gasteiger charge is 2.38. The maximum Gasteiger partial charge on any atom is 0.406 e. The van der Waals surface area contributed by atoms with Crippen LogP contribution in [0.5, 0.6) is 0 Å². The smallest absolute Gasteiger partial charge is 0.375 e. The molecule has 6 nitrogen and oxygen atoms in total. The summed E-state index contributed by atoms with van der Waals surface area (Å²) in [4.78, 5) is 26.8. The Bertz CT molecular complexity index is 458. The summed E-state index contributed by atoms with van der Waals surface area (Å²) in [6.45, 7) is 3.24. The Morgan fingerprint density at radius 2 is 2.09 bits per heavy atom. The van der Waals surface area contributed by atoms with Crippen LogP contribution in [-0.4, -0.2) is 72.3 Å². The lowest BCUT2D eigenvalue weighted by Crippen LogP contribution is -2.59.